The third-order valence-electron chi connectivity index (χ3n) is 2.87. The molecule has 1 unspecified atom stereocenters. The zero-order valence-electron chi connectivity index (χ0n) is 12.3. The van der Waals surface area contributed by atoms with Gasteiger partial charge < -0.3 is 14.3 Å². The third kappa shape index (κ3) is 4.16. The molecule has 2 rings (SSSR count). The van der Waals surface area contributed by atoms with Crippen molar-refractivity contribution in [3.8, 4) is 11.8 Å². The van der Waals surface area contributed by atoms with Crippen molar-refractivity contribution in [2.75, 3.05) is 14.2 Å². The summed E-state index contributed by atoms with van der Waals surface area (Å²) in [6.07, 6.45) is 0.723. The van der Waals surface area contributed by atoms with Gasteiger partial charge >= 0.3 is 0 Å². The highest BCUT2D eigenvalue weighted by molar-refractivity contribution is 8.00. The molecule has 0 saturated carbocycles. The van der Waals surface area contributed by atoms with E-state index in [1.807, 2.05) is 0 Å². The number of benzene rings is 1. The molecule has 1 heterocycles. The Balaban J connectivity index is 2.25. The summed E-state index contributed by atoms with van der Waals surface area (Å²) in [7, 11) is 2.92. The number of ether oxygens (including phenoxy) is 2. The number of aromatic nitrogens is 2. The number of methoxy groups -OCH3 is 2. The van der Waals surface area contributed by atoms with Crippen LogP contribution >= 0.6 is 11.8 Å². The highest BCUT2D eigenvalue weighted by atomic mass is 32.2. The molecule has 1 aromatic heterocycles. The van der Waals surface area contributed by atoms with Crippen LogP contribution in [0.25, 0.3) is 0 Å². The fraction of sp³-hybridized carbons (Fsp3) is 0.214. The van der Waals surface area contributed by atoms with E-state index >= 15 is 0 Å². The van der Waals surface area contributed by atoms with Crippen LogP contribution in [0.4, 0.5) is 5.69 Å². The maximum absolute atomic E-state index is 11.4. The Morgan fingerprint density at radius 2 is 1.74 bits per heavy atom. The summed E-state index contributed by atoms with van der Waals surface area (Å²) < 4.78 is 10.1. The Morgan fingerprint density at radius 3 is 2.17 bits per heavy atom. The Labute approximate surface area is 136 Å². The van der Waals surface area contributed by atoms with Gasteiger partial charge in [-0.1, -0.05) is 23.9 Å². The van der Waals surface area contributed by atoms with Crippen molar-refractivity contribution in [2.45, 2.75) is 10.4 Å². The smallest absolute Gasteiger partial charge is 0.269 e. The summed E-state index contributed by atoms with van der Waals surface area (Å²) in [6.45, 7) is 0. The zero-order chi connectivity index (χ0) is 16.8. The average molecular weight is 335 g/mol. The highest BCUT2D eigenvalue weighted by Gasteiger charge is 2.17. The van der Waals surface area contributed by atoms with E-state index in [-0.39, 0.29) is 5.69 Å². The molecule has 0 N–H and O–H groups in total. The molecule has 9 heteroatoms. The maximum atomic E-state index is 11.4. The average Bonchev–Trinajstić information content (AvgIpc) is 2.59. The lowest BCUT2D eigenvalue weighted by molar-refractivity contribution is -0.384. The summed E-state index contributed by atoms with van der Waals surface area (Å²) in [6, 6.07) is 7.27. The molecule has 1 aromatic carbocycles. The molecule has 0 amide bonds. The van der Waals surface area contributed by atoms with E-state index in [1.165, 1.54) is 44.6 Å². The van der Waals surface area contributed by atoms with E-state index in [2.05, 4.69) is 9.97 Å². The first-order valence-electron chi connectivity index (χ1n) is 6.40. The molecule has 23 heavy (non-hydrogen) atoms. The number of hydrogen-bond donors (Lipinski definition) is 0. The fourth-order valence-electron chi connectivity index (χ4n) is 1.72. The van der Waals surface area contributed by atoms with Crippen molar-refractivity contribution in [1.82, 2.24) is 9.97 Å². The number of carbonyl (C=O) groups excluding carboxylic acids is 1. The Hall–Kier alpha value is -2.68. The number of nitro benzene ring substituents is 1. The van der Waals surface area contributed by atoms with Crippen LogP contribution in [0.2, 0.25) is 0 Å². The van der Waals surface area contributed by atoms with Crippen LogP contribution in [-0.2, 0) is 4.79 Å². The molecular formula is C14H13N3O5S. The Morgan fingerprint density at radius 1 is 1.17 bits per heavy atom. The summed E-state index contributed by atoms with van der Waals surface area (Å²) in [5.41, 5.74) is 0.573. The topological polar surface area (TPSA) is 104 Å². The number of aldehydes is 1. The van der Waals surface area contributed by atoms with Gasteiger partial charge in [0.15, 0.2) is 5.16 Å². The third-order valence-corrected chi connectivity index (χ3v) is 3.90. The minimum Gasteiger partial charge on any atom is -0.481 e. The molecule has 0 bridgehead atoms. The minimum absolute atomic E-state index is 0.0392. The first-order chi connectivity index (χ1) is 11.1. The molecule has 1 atom stereocenters. The molecule has 0 fully saturated rings. The van der Waals surface area contributed by atoms with Gasteiger partial charge in [0.2, 0.25) is 11.8 Å². The van der Waals surface area contributed by atoms with E-state index < -0.39 is 10.2 Å². The van der Waals surface area contributed by atoms with Crippen LogP contribution in [0.1, 0.15) is 10.8 Å². The lowest BCUT2D eigenvalue weighted by atomic mass is 10.1. The molecule has 0 aliphatic rings. The summed E-state index contributed by atoms with van der Waals surface area (Å²) in [5.74, 6) is 0.625. The second-order valence-corrected chi connectivity index (χ2v) is 5.37. The van der Waals surface area contributed by atoms with Crippen molar-refractivity contribution < 1.29 is 19.2 Å². The fourth-order valence-corrected chi connectivity index (χ4v) is 2.58. The minimum atomic E-state index is -0.604. The van der Waals surface area contributed by atoms with Crippen molar-refractivity contribution >= 4 is 23.7 Å². The van der Waals surface area contributed by atoms with Gasteiger partial charge in [0.1, 0.15) is 6.29 Å². The molecule has 120 valence electrons. The number of thioether (sulfide) groups is 1. The predicted octanol–water partition coefficient (Wildman–Crippen LogP) is 2.43. The molecule has 0 aliphatic heterocycles. The van der Waals surface area contributed by atoms with Crippen molar-refractivity contribution in [3.63, 3.8) is 0 Å². The van der Waals surface area contributed by atoms with Gasteiger partial charge in [0.25, 0.3) is 5.69 Å². The molecule has 2 aromatic rings. The van der Waals surface area contributed by atoms with Crippen LogP contribution in [-0.4, -0.2) is 35.4 Å². The number of nitrogens with zero attached hydrogens (tertiary/aromatic N) is 3. The van der Waals surface area contributed by atoms with Crippen LogP contribution in [0.15, 0.2) is 35.5 Å². The van der Waals surface area contributed by atoms with Crippen molar-refractivity contribution in [3.05, 3.63) is 46.0 Å². The van der Waals surface area contributed by atoms with E-state index in [4.69, 9.17) is 9.47 Å². The zero-order valence-corrected chi connectivity index (χ0v) is 13.1. The van der Waals surface area contributed by atoms with Crippen molar-refractivity contribution in [2.24, 2.45) is 0 Å². The molecule has 0 radical (unpaired) electrons. The van der Waals surface area contributed by atoms with Gasteiger partial charge in [-0.2, -0.15) is 9.97 Å². The largest absolute Gasteiger partial charge is 0.481 e. The van der Waals surface area contributed by atoms with Crippen LogP contribution in [0, 0.1) is 10.1 Å². The van der Waals surface area contributed by atoms with Crippen LogP contribution in [0.5, 0.6) is 11.8 Å². The number of rotatable bonds is 7. The first-order valence-corrected chi connectivity index (χ1v) is 7.28. The molecule has 8 nitrogen and oxygen atoms in total. The maximum Gasteiger partial charge on any atom is 0.269 e. The molecule has 0 aliphatic carbocycles. The molecule has 0 saturated heterocycles. The van der Waals surface area contributed by atoms with Crippen LogP contribution in [0.3, 0.4) is 0 Å². The predicted molar refractivity (Wildman–Crippen MR) is 82.9 cm³/mol. The monoisotopic (exact) mass is 335 g/mol. The second-order valence-electron chi connectivity index (χ2n) is 4.26. The van der Waals surface area contributed by atoms with E-state index in [0.717, 1.165) is 18.0 Å². The highest BCUT2D eigenvalue weighted by Crippen LogP contribution is 2.34. The normalized spacial score (nSPS) is 11.6. The van der Waals surface area contributed by atoms with Gasteiger partial charge in [-0.25, -0.2) is 0 Å². The number of non-ortho nitro benzene ring substituents is 1. The number of carbonyl (C=O) groups is 1. The van der Waals surface area contributed by atoms with Gasteiger partial charge in [-0.15, -0.1) is 0 Å². The van der Waals surface area contributed by atoms with Crippen molar-refractivity contribution in [1.29, 1.82) is 0 Å². The van der Waals surface area contributed by atoms with Gasteiger partial charge in [-0.05, 0) is 5.56 Å². The van der Waals surface area contributed by atoms with Gasteiger partial charge in [0.05, 0.1) is 30.5 Å². The van der Waals surface area contributed by atoms with E-state index in [1.54, 1.807) is 0 Å². The summed E-state index contributed by atoms with van der Waals surface area (Å²) >= 11 is 1.10. The number of hydrogen-bond acceptors (Lipinski definition) is 8. The lowest BCUT2D eigenvalue weighted by Gasteiger charge is -2.10. The SMILES string of the molecule is COc1cc(OC)nc(SC(C=O)c2ccc([N+](=O)[O-])cc2)n1. The van der Waals surface area contributed by atoms with Crippen LogP contribution < -0.4 is 9.47 Å². The molecular weight excluding hydrogens is 322 g/mol. The number of nitro groups is 1. The Bertz CT molecular complexity index is 686. The van der Waals surface area contributed by atoms with Gasteiger partial charge in [0, 0.05) is 12.1 Å². The Kier molecular flexibility index (Phi) is 5.47. The standard InChI is InChI=1S/C14H13N3O5S/c1-21-12-7-13(22-2)16-14(15-12)23-11(8-18)9-3-5-10(6-4-9)17(19)20/h3-8,11H,1-2H3. The van der Waals surface area contributed by atoms with E-state index in [0.29, 0.717) is 22.5 Å². The summed E-state index contributed by atoms with van der Waals surface area (Å²) in [4.78, 5) is 29.8. The quantitative estimate of drug-likeness (QED) is 0.250. The van der Waals surface area contributed by atoms with Gasteiger partial charge in [-0.3, -0.25) is 10.1 Å². The second kappa shape index (κ2) is 7.54. The first kappa shape index (κ1) is 16.7. The van der Waals surface area contributed by atoms with E-state index in [9.17, 15) is 14.9 Å². The lowest BCUT2D eigenvalue weighted by Crippen LogP contribution is -2.00. The summed E-state index contributed by atoms with van der Waals surface area (Å²) in [5, 5.41) is 10.4. The molecule has 0 spiro atoms.